The average molecular weight is 414 g/mol. The van der Waals surface area contributed by atoms with Crippen molar-refractivity contribution in [3.63, 3.8) is 0 Å². The van der Waals surface area contributed by atoms with Crippen molar-refractivity contribution in [2.24, 2.45) is 28.8 Å². The van der Waals surface area contributed by atoms with Crippen LogP contribution in [0.25, 0.3) is 5.69 Å². The lowest BCUT2D eigenvalue weighted by molar-refractivity contribution is -0.140. The first-order valence-corrected chi connectivity index (χ1v) is 10.4. The van der Waals surface area contributed by atoms with Crippen LogP contribution in [-0.4, -0.2) is 34.2 Å². The number of hydrogen-bond acceptors (Lipinski definition) is 5. The molecule has 5 rings (SSSR count). The van der Waals surface area contributed by atoms with Crippen LogP contribution in [0.3, 0.4) is 0 Å². The third kappa shape index (κ3) is 2.98. The van der Waals surface area contributed by atoms with E-state index in [9.17, 15) is 9.59 Å². The number of ether oxygens (including phenoxy) is 1. The van der Waals surface area contributed by atoms with Gasteiger partial charge in [-0.25, -0.2) is 0 Å². The molecule has 2 aromatic rings. The molecule has 0 radical (unpaired) electrons. The summed E-state index contributed by atoms with van der Waals surface area (Å²) in [5.41, 5.74) is 3.75. The highest BCUT2D eigenvalue weighted by atomic mass is 16.5. The van der Waals surface area contributed by atoms with E-state index in [2.05, 4.69) is 21.8 Å². The van der Waals surface area contributed by atoms with Crippen molar-refractivity contribution in [1.82, 2.24) is 9.58 Å². The summed E-state index contributed by atoms with van der Waals surface area (Å²) in [6.07, 6.45) is 6.67. The summed E-state index contributed by atoms with van der Waals surface area (Å²) in [7, 11) is 0. The Morgan fingerprint density at radius 1 is 1.13 bits per heavy atom. The van der Waals surface area contributed by atoms with Crippen molar-refractivity contribution >= 4 is 18.0 Å². The van der Waals surface area contributed by atoms with Crippen molar-refractivity contribution < 1.29 is 14.3 Å². The molecule has 2 heterocycles. The predicted octanol–water partition coefficient (Wildman–Crippen LogP) is 3.14. The number of hydrogen-bond donors (Lipinski definition) is 0. The molecule has 1 aromatic carbocycles. The van der Waals surface area contributed by atoms with Crippen LogP contribution in [0, 0.1) is 48.9 Å². The number of aryl methyl sites for hydroxylation is 1. The van der Waals surface area contributed by atoms with Gasteiger partial charge in [0, 0.05) is 22.6 Å². The highest BCUT2D eigenvalue weighted by Crippen LogP contribution is 2.52. The van der Waals surface area contributed by atoms with Gasteiger partial charge in [-0.2, -0.15) is 15.4 Å². The van der Waals surface area contributed by atoms with Crippen LogP contribution >= 0.6 is 0 Å². The fourth-order valence-corrected chi connectivity index (χ4v) is 5.24. The predicted molar refractivity (Wildman–Crippen MR) is 114 cm³/mol. The van der Waals surface area contributed by atoms with E-state index < -0.39 is 0 Å². The molecule has 1 saturated heterocycles. The van der Waals surface area contributed by atoms with Crippen LogP contribution in [-0.2, 0) is 9.59 Å². The van der Waals surface area contributed by atoms with E-state index in [-0.39, 0.29) is 42.1 Å². The molecule has 0 N–H and O–H groups in total. The maximum Gasteiger partial charge on any atom is 0.254 e. The number of aromatic nitrogens is 1. The van der Waals surface area contributed by atoms with Gasteiger partial charge in [-0.3, -0.25) is 9.59 Å². The van der Waals surface area contributed by atoms with Crippen molar-refractivity contribution in [3.05, 3.63) is 59.4 Å². The topological polar surface area (TPSA) is 87.7 Å². The number of nitrogens with zero attached hydrogens (tertiary/aromatic N) is 4. The Kier molecular flexibility index (Phi) is 4.51. The number of fused-ring (bicyclic) bond motifs is 5. The van der Waals surface area contributed by atoms with Crippen molar-refractivity contribution in [2.45, 2.75) is 20.3 Å². The summed E-state index contributed by atoms with van der Waals surface area (Å²) in [5.74, 6) is 0.153. The zero-order chi connectivity index (χ0) is 21.7. The molecule has 2 amide bonds. The second-order valence-corrected chi connectivity index (χ2v) is 8.34. The van der Waals surface area contributed by atoms with Gasteiger partial charge in [-0.1, -0.05) is 12.2 Å². The van der Waals surface area contributed by atoms with Crippen molar-refractivity contribution in [1.29, 1.82) is 5.26 Å². The number of benzene rings is 1. The van der Waals surface area contributed by atoms with Gasteiger partial charge in [0.2, 0.25) is 0 Å². The Bertz CT molecular complexity index is 1140. The van der Waals surface area contributed by atoms with Crippen LogP contribution in [0.4, 0.5) is 0 Å². The number of imide groups is 1. The number of rotatable bonds is 5. The summed E-state index contributed by atoms with van der Waals surface area (Å²) in [6, 6.07) is 11.4. The van der Waals surface area contributed by atoms with Crippen LogP contribution in [0.15, 0.2) is 47.6 Å². The standard InChI is InChI=1S/C24H22N4O3/c1-14-11-18(15(2)27(14)19-5-7-20(8-6-19)31-10-9-25)13-26-28-23(29)21-16-3-4-17(12-16)22(21)24(28)30/h3-8,11,13,16-17,21-22H,10,12H2,1-2H3/t16-,17-,21-,22+/m0/s1. The lowest BCUT2D eigenvalue weighted by Crippen LogP contribution is -2.28. The van der Waals surface area contributed by atoms with Crippen LogP contribution < -0.4 is 4.74 Å². The first-order valence-electron chi connectivity index (χ1n) is 10.4. The van der Waals surface area contributed by atoms with E-state index in [0.717, 1.165) is 34.1 Å². The Balaban J connectivity index is 1.38. The quantitative estimate of drug-likeness (QED) is 0.427. The molecule has 31 heavy (non-hydrogen) atoms. The second-order valence-electron chi connectivity index (χ2n) is 8.34. The number of allylic oxidation sites excluding steroid dienone is 2. The normalized spacial score (nSPS) is 26.2. The molecule has 0 spiro atoms. The molecule has 1 aliphatic heterocycles. The average Bonchev–Trinajstić information content (AvgIpc) is 3.50. The molecular weight excluding hydrogens is 392 g/mol. The number of nitriles is 1. The van der Waals surface area contributed by atoms with Crippen molar-refractivity contribution in [3.8, 4) is 17.5 Å². The summed E-state index contributed by atoms with van der Waals surface area (Å²) in [5, 5.41) is 14.0. The minimum Gasteiger partial charge on any atom is -0.479 e. The Labute approximate surface area is 180 Å². The minimum absolute atomic E-state index is 0.00868. The minimum atomic E-state index is -0.242. The molecule has 156 valence electrons. The summed E-state index contributed by atoms with van der Waals surface area (Å²) in [6.45, 7) is 3.97. The van der Waals surface area contributed by atoms with Crippen LogP contribution in [0.5, 0.6) is 5.75 Å². The number of carbonyl (C=O) groups is 2. The molecule has 7 nitrogen and oxygen atoms in total. The fourth-order valence-electron chi connectivity index (χ4n) is 5.24. The zero-order valence-corrected chi connectivity index (χ0v) is 17.4. The van der Waals surface area contributed by atoms with E-state index in [1.54, 1.807) is 6.21 Å². The highest BCUT2D eigenvalue weighted by Gasteiger charge is 2.59. The summed E-state index contributed by atoms with van der Waals surface area (Å²) in [4.78, 5) is 25.6. The van der Waals surface area contributed by atoms with E-state index in [1.165, 1.54) is 0 Å². The molecular formula is C24H22N4O3. The van der Waals surface area contributed by atoms with Gasteiger partial charge in [0.15, 0.2) is 6.61 Å². The lowest BCUT2D eigenvalue weighted by Gasteiger charge is -2.13. The number of hydrazone groups is 1. The summed E-state index contributed by atoms with van der Waals surface area (Å²) < 4.78 is 7.38. The molecule has 4 atom stereocenters. The zero-order valence-electron chi connectivity index (χ0n) is 17.4. The van der Waals surface area contributed by atoms with E-state index in [1.807, 2.05) is 50.2 Å². The second kappa shape index (κ2) is 7.24. The maximum absolute atomic E-state index is 12.8. The van der Waals surface area contributed by atoms with Gasteiger partial charge in [0.25, 0.3) is 11.8 Å². The van der Waals surface area contributed by atoms with E-state index in [4.69, 9.17) is 10.00 Å². The first kappa shape index (κ1) is 19.3. The third-order valence-corrected chi connectivity index (χ3v) is 6.63. The monoisotopic (exact) mass is 414 g/mol. The molecule has 2 bridgehead atoms. The molecule has 1 aromatic heterocycles. The molecule has 7 heteroatoms. The van der Waals surface area contributed by atoms with E-state index >= 15 is 0 Å². The molecule has 2 fully saturated rings. The largest absolute Gasteiger partial charge is 0.479 e. The van der Waals surface area contributed by atoms with Gasteiger partial charge in [-0.15, -0.1) is 0 Å². The van der Waals surface area contributed by atoms with Crippen molar-refractivity contribution in [2.75, 3.05) is 6.61 Å². The van der Waals surface area contributed by atoms with Gasteiger partial charge < -0.3 is 9.30 Å². The Morgan fingerprint density at radius 3 is 2.39 bits per heavy atom. The van der Waals surface area contributed by atoms with Gasteiger partial charge in [0.05, 0.1) is 18.1 Å². The third-order valence-electron chi connectivity index (χ3n) is 6.63. The summed E-state index contributed by atoms with van der Waals surface area (Å²) >= 11 is 0. The van der Waals surface area contributed by atoms with Crippen LogP contribution in [0.2, 0.25) is 0 Å². The van der Waals surface area contributed by atoms with Gasteiger partial charge in [0.1, 0.15) is 11.8 Å². The molecule has 1 saturated carbocycles. The van der Waals surface area contributed by atoms with Crippen LogP contribution in [0.1, 0.15) is 23.4 Å². The molecule has 3 aliphatic rings. The Morgan fingerprint density at radius 2 is 1.77 bits per heavy atom. The maximum atomic E-state index is 12.8. The molecule has 2 aliphatic carbocycles. The van der Waals surface area contributed by atoms with Gasteiger partial charge >= 0.3 is 0 Å². The smallest absolute Gasteiger partial charge is 0.254 e. The Hall–Kier alpha value is -3.66. The number of amides is 2. The highest BCUT2D eigenvalue weighted by molar-refractivity contribution is 6.06. The van der Waals surface area contributed by atoms with E-state index in [0.29, 0.717) is 5.75 Å². The fraction of sp³-hybridized carbons (Fsp3) is 0.333. The lowest BCUT2D eigenvalue weighted by atomic mass is 9.85. The van der Waals surface area contributed by atoms with Gasteiger partial charge in [-0.05, 0) is 62.4 Å². The first-order chi connectivity index (χ1) is 15.0. The number of carbonyl (C=O) groups excluding carboxylic acids is 2. The SMILES string of the molecule is Cc1cc(C=NN2C(=O)[C@@H]3[C@H](C2=O)[C@H]2C=C[C@H]3C2)c(C)n1-c1ccc(OCC#N)cc1. The molecule has 0 unspecified atom stereocenters.